The molecule has 0 aliphatic heterocycles. The number of aliphatic hydroxyl groups is 1. The summed E-state index contributed by atoms with van der Waals surface area (Å²) in [6, 6.07) is 5.55. The Labute approximate surface area is 127 Å². The molecule has 0 aliphatic carbocycles. The largest absolute Gasteiger partial charge is 0.382 e. The van der Waals surface area contributed by atoms with Gasteiger partial charge in [0.1, 0.15) is 6.10 Å². The Kier molecular flexibility index (Phi) is 3.86. The van der Waals surface area contributed by atoms with Crippen LogP contribution < -0.4 is 0 Å². The maximum absolute atomic E-state index is 10.8. The summed E-state index contributed by atoms with van der Waals surface area (Å²) >= 11 is 6.20. The summed E-state index contributed by atoms with van der Waals surface area (Å²) in [6.45, 7) is 2.75. The van der Waals surface area contributed by atoms with E-state index in [9.17, 15) is 5.11 Å². The summed E-state index contributed by atoms with van der Waals surface area (Å²) < 4.78 is 1.74. The van der Waals surface area contributed by atoms with Gasteiger partial charge in [-0.2, -0.15) is 5.10 Å². The van der Waals surface area contributed by atoms with Crippen LogP contribution >= 0.6 is 11.6 Å². The van der Waals surface area contributed by atoms with Crippen molar-refractivity contribution in [3.8, 4) is 0 Å². The molecule has 3 rings (SSSR count). The normalized spacial score (nSPS) is 12.7. The highest BCUT2D eigenvalue weighted by atomic mass is 35.5. The van der Waals surface area contributed by atoms with Crippen LogP contribution in [-0.4, -0.2) is 24.9 Å². The predicted octanol–water partition coefficient (Wildman–Crippen LogP) is 2.97. The van der Waals surface area contributed by atoms with Gasteiger partial charge in [0.2, 0.25) is 0 Å². The Morgan fingerprint density at radius 2 is 2.10 bits per heavy atom. The van der Waals surface area contributed by atoms with Gasteiger partial charge in [0.25, 0.3) is 0 Å². The lowest BCUT2D eigenvalue weighted by Crippen LogP contribution is -2.11. The fraction of sp³-hybridized carbons (Fsp3) is 0.267. The molecule has 1 unspecified atom stereocenters. The molecule has 5 nitrogen and oxygen atoms in total. The van der Waals surface area contributed by atoms with E-state index in [1.54, 1.807) is 23.3 Å². The molecule has 2 aromatic heterocycles. The van der Waals surface area contributed by atoms with Crippen LogP contribution in [0.1, 0.15) is 30.7 Å². The SMILES string of the molecule is CCCn1ncc(Cl)c1C(O)c1cccc2nccnc12. The van der Waals surface area contributed by atoms with E-state index in [1.807, 2.05) is 18.2 Å². The number of benzene rings is 1. The van der Waals surface area contributed by atoms with Crippen molar-refractivity contribution in [3.63, 3.8) is 0 Å². The highest BCUT2D eigenvalue weighted by molar-refractivity contribution is 6.31. The van der Waals surface area contributed by atoms with Gasteiger partial charge in [-0.25, -0.2) is 0 Å². The average molecular weight is 303 g/mol. The van der Waals surface area contributed by atoms with Crippen LogP contribution in [0.5, 0.6) is 0 Å². The number of halogens is 1. The number of nitrogens with zero attached hydrogens (tertiary/aromatic N) is 4. The van der Waals surface area contributed by atoms with Gasteiger partial charge in [-0.3, -0.25) is 14.6 Å². The van der Waals surface area contributed by atoms with Gasteiger partial charge in [0, 0.05) is 24.5 Å². The van der Waals surface area contributed by atoms with Crippen LogP contribution in [0.2, 0.25) is 5.02 Å². The zero-order chi connectivity index (χ0) is 14.8. The molecule has 0 saturated heterocycles. The number of rotatable bonds is 4. The van der Waals surface area contributed by atoms with Crippen molar-refractivity contribution in [3.05, 3.63) is 53.1 Å². The Morgan fingerprint density at radius 3 is 2.90 bits per heavy atom. The van der Waals surface area contributed by atoms with Crippen molar-refractivity contribution < 1.29 is 5.11 Å². The van der Waals surface area contributed by atoms with Gasteiger partial charge >= 0.3 is 0 Å². The third-order valence-electron chi connectivity index (χ3n) is 3.35. The van der Waals surface area contributed by atoms with E-state index < -0.39 is 6.10 Å². The second-order valence-corrected chi connectivity index (χ2v) is 5.18. The first-order valence-corrected chi connectivity index (χ1v) is 7.19. The molecule has 0 fully saturated rings. The molecule has 1 N–H and O–H groups in total. The molecule has 108 valence electrons. The molecule has 3 aromatic rings. The fourth-order valence-electron chi connectivity index (χ4n) is 2.42. The van der Waals surface area contributed by atoms with Crippen LogP contribution in [0, 0.1) is 0 Å². The number of para-hydroxylation sites is 1. The van der Waals surface area contributed by atoms with E-state index in [0.29, 0.717) is 28.3 Å². The summed E-state index contributed by atoms with van der Waals surface area (Å²) in [5.74, 6) is 0. The molecule has 0 radical (unpaired) electrons. The lowest BCUT2D eigenvalue weighted by Gasteiger charge is -2.15. The third-order valence-corrected chi connectivity index (χ3v) is 3.64. The van der Waals surface area contributed by atoms with E-state index in [2.05, 4.69) is 22.0 Å². The van der Waals surface area contributed by atoms with Crippen molar-refractivity contribution in [2.75, 3.05) is 0 Å². The van der Waals surface area contributed by atoms with Crippen LogP contribution in [-0.2, 0) is 6.54 Å². The van der Waals surface area contributed by atoms with Crippen LogP contribution in [0.15, 0.2) is 36.8 Å². The molecule has 0 amide bonds. The maximum atomic E-state index is 10.8. The quantitative estimate of drug-likeness (QED) is 0.805. The molecular weight excluding hydrogens is 288 g/mol. The molecule has 21 heavy (non-hydrogen) atoms. The number of fused-ring (bicyclic) bond motifs is 1. The molecule has 0 aliphatic rings. The molecule has 0 spiro atoms. The Balaban J connectivity index is 2.13. The summed E-state index contributed by atoms with van der Waals surface area (Å²) in [4.78, 5) is 8.58. The standard InChI is InChI=1S/C15H15ClN4O/c1-2-8-20-14(11(16)9-19-20)15(21)10-4-3-5-12-13(10)18-7-6-17-12/h3-7,9,15,21H,2,8H2,1H3. The van der Waals surface area contributed by atoms with Gasteiger partial charge in [-0.1, -0.05) is 30.7 Å². The topological polar surface area (TPSA) is 63.8 Å². The third kappa shape index (κ3) is 2.50. The van der Waals surface area contributed by atoms with Crippen molar-refractivity contribution >= 4 is 22.6 Å². The zero-order valence-corrected chi connectivity index (χ0v) is 12.3. The average Bonchev–Trinajstić information content (AvgIpc) is 2.87. The van der Waals surface area contributed by atoms with Gasteiger partial charge in [0.15, 0.2) is 0 Å². The highest BCUT2D eigenvalue weighted by Gasteiger charge is 2.22. The summed E-state index contributed by atoms with van der Waals surface area (Å²) in [5, 5.41) is 15.4. The smallest absolute Gasteiger partial charge is 0.124 e. The van der Waals surface area contributed by atoms with E-state index in [-0.39, 0.29) is 0 Å². The van der Waals surface area contributed by atoms with Crippen LogP contribution in [0.3, 0.4) is 0 Å². The number of hydrogen-bond donors (Lipinski definition) is 1. The zero-order valence-electron chi connectivity index (χ0n) is 11.6. The summed E-state index contributed by atoms with van der Waals surface area (Å²) in [7, 11) is 0. The van der Waals surface area contributed by atoms with Crippen LogP contribution in [0.25, 0.3) is 11.0 Å². The molecular formula is C15H15ClN4O. The van der Waals surface area contributed by atoms with Gasteiger partial charge in [-0.05, 0) is 12.5 Å². The first-order chi connectivity index (χ1) is 10.2. The molecule has 1 atom stereocenters. The lowest BCUT2D eigenvalue weighted by molar-refractivity contribution is 0.209. The van der Waals surface area contributed by atoms with Gasteiger partial charge in [-0.15, -0.1) is 0 Å². The van der Waals surface area contributed by atoms with Crippen molar-refractivity contribution in [2.24, 2.45) is 0 Å². The first-order valence-electron chi connectivity index (χ1n) is 6.81. The number of aromatic nitrogens is 4. The lowest BCUT2D eigenvalue weighted by atomic mass is 10.0. The molecule has 0 bridgehead atoms. The molecule has 6 heteroatoms. The first kappa shape index (κ1) is 14.0. The number of hydrogen-bond acceptors (Lipinski definition) is 4. The minimum atomic E-state index is -0.882. The minimum absolute atomic E-state index is 0.455. The molecule has 0 saturated carbocycles. The summed E-state index contributed by atoms with van der Waals surface area (Å²) in [5.41, 5.74) is 2.69. The van der Waals surface area contributed by atoms with Crippen LogP contribution in [0.4, 0.5) is 0 Å². The van der Waals surface area contributed by atoms with Crippen molar-refractivity contribution in [1.82, 2.24) is 19.7 Å². The van der Waals surface area contributed by atoms with E-state index >= 15 is 0 Å². The molecule has 2 heterocycles. The second kappa shape index (κ2) is 5.79. The Bertz CT molecular complexity index is 766. The number of aryl methyl sites for hydroxylation is 1. The van der Waals surface area contributed by atoms with Gasteiger partial charge in [0.05, 0.1) is 27.9 Å². The Hall–Kier alpha value is -1.98. The van der Waals surface area contributed by atoms with E-state index in [4.69, 9.17) is 11.6 Å². The van der Waals surface area contributed by atoms with E-state index in [0.717, 1.165) is 11.9 Å². The van der Waals surface area contributed by atoms with Gasteiger partial charge < -0.3 is 5.11 Å². The summed E-state index contributed by atoms with van der Waals surface area (Å²) in [6.07, 6.45) is 4.84. The highest BCUT2D eigenvalue weighted by Crippen LogP contribution is 2.31. The molecule has 1 aromatic carbocycles. The maximum Gasteiger partial charge on any atom is 0.124 e. The second-order valence-electron chi connectivity index (χ2n) is 4.77. The van der Waals surface area contributed by atoms with Crippen molar-refractivity contribution in [2.45, 2.75) is 26.0 Å². The fourth-order valence-corrected chi connectivity index (χ4v) is 2.66. The van der Waals surface area contributed by atoms with E-state index in [1.165, 1.54) is 0 Å². The Morgan fingerprint density at radius 1 is 1.29 bits per heavy atom. The predicted molar refractivity (Wildman–Crippen MR) is 81.1 cm³/mol. The van der Waals surface area contributed by atoms with Crippen molar-refractivity contribution in [1.29, 1.82) is 0 Å². The number of aliphatic hydroxyl groups excluding tert-OH is 1. The monoisotopic (exact) mass is 302 g/mol. The minimum Gasteiger partial charge on any atom is -0.382 e.